The minimum atomic E-state index is 0. The quantitative estimate of drug-likeness (QED) is 0.562. The molecule has 3 radical (unpaired) electrons. The largest absolute Gasteiger partial charge is 0.0688 e. The maximum atomic E-state index is 2.41. The Bertz CT molecular complexity index is 530. The molecule has 3 rings (SSSR count). The van der Waals surface area contributed by atoms with Crippen molar-refractivity contribution < 1.29 is 0 Å². The van der Waals surface area contributed by atoms with Gasteiger partial charge in [0, 0.05) is 8.41 Å². The molecule has 95 valence electrons. The van der Waals surface area contributed by atoms with E-state index in [9.17, 15) is 0 Å². The third-order valence-corrected chi connectivity index (χ3v) is 7.17. The molecule has 0 spiro atoms. The maximum absolute atomic E-state index is 2.41. The van der Waals surface area contributed by atoms with Crippen LogP contribution in [0.25, 0.3) is 11.1 Å². The summed E-state index contributed by atoms with van der Waals surface area (Å²) in [5.41, 5.74) is 4.59. The van der Waals surface area contributed by atoms with Crippen LogP contribution in [-0.4, -0.2) is 19.7 Å². The van der Waals surface area contributed by atoms with Gasteiger partial charge in [0.15, 0.2) is 0 Å². The fourth-order valence-electron chi connectivity index (χ4n) is 3.05. The number of hydrogen-bond donors (Lipinski definition) is 0. The normalized spacial score (nSPS) is 22.4. The first-order valence-electron chi connectivity index (χ1n) is 6.70. The average molecular weight is 265 g/mol. The van der Waals surface area contributed by atoms with E-state index in [-0.39, 0.29) is 16.3 Å². The van der Waals surface area contributed by atoms with Gasteiger partial charge >= 0.3 is 0 Å². The average Bonchev–Trinajstić information content (AvgIpc) is 2.40. The van der Waals surface area contributed by atoms with Crippen molar-refractivity contribution >= 4 is 21.6 Å². The SMILES string of the molecule is C[C@@H]1C[C@@H](C)P1c1ccccc1-c1ccccc1.[B]. The Kier molecular flexibility index (Phi) is 4.48. The smallest absolute Gasteiger partial charge is 0 e. The Hall–Kier alpha value is -1.07. The molecule has 0 aromatic heterocycles. The highest BCUT2D eigenvalue weighted by atomic mass is 31.1. The second-order valence-electron chi connectivity index (χ2n) is 5.22. The van der Waals surface area contributed by atoms with E-state index in [1.54, 1.807) is 5.30 Å². The van der Waals surface area contributed by atoms with E-state index in [1.165, 1.54) is 17.5 Å². The summed E-state index contributed by atoms with van der Waals surface area (Å²) in [5.74, 6) is 0. The summed E-state index contributed by atoms with van der Waals surface area (Å²) in [6.07, 6.45) is 1.40. The summed E-state index contributed by atoms with van der Waals surface area (Å²) >= 11 is 0. The first kappa shape index (κ1) is 14.3. The highest BCUT2D eigenvalue weighted by Crippen LogP contribution is 2.59. The summed E-state index contributed by atoms with van der Waals surface area (Å²) in [5, 5.41) is 1.60. The highest BCUT2D eigenvalue weighted by molar-refractivity contribution is 7.68. The van der Waals surface area contributed by atoms with E-state index in [1.807, 2.05) is 0 Å². The van der Waals surface area contributed by atoms with Gasteiger partial charge in [-0.3, -0.25) is 0 Å². The Labute approximate surface area is 119 Å². The van der Waals surface area contributed by atoms with Gasteiger partial charge in [0.25, 0.3) is 0 Å². The zero-order chi connectivity index (χ0) is 12.5. The minimum absolute atomic E-state index is 0. The topological polar surface area (TPSA) is 0 Å². The van der Waals surface area contributed by atoms with Crippen molar-refractivity contribution in [1.29, 1.82) is 0 Å². The van der Waals surface area contributed by atoms with Gasteiger partial charge in [0.05, 0.1) is 0 Å². The van der Waals surface area contributed by atoms with Crippen LogP contribution in [0.5, 0.6) is 0 Å². The maximum Gasteiger partial charge on any atom is 0 e. The zero-order valence-corrected chi connectivity index (χ0v) is 12.5. The fourth-order valence-corrected chi connectivity index (χ4v) is 6.31. The Morgan fingerprint density at radius 1 is 0.842 bits per heavy atom. The monoisotopic (exact) mass is 265 g/mol. The lowest BCUT2D eigenvalue weighted by Gasteiger charge is -2.43. The summed E-state index contributed by atoms with van der Waals surface area (Å²) in [7, 11) is 0.0403. The number of hydrogen-bond acceptors (Lipinski definition) is 0. The summed E-state index contributed by atoms with van der Waals surface area (Å²) in [6, 6.07) is 19.8. The van der Waals surface area contributed by atoms with E-state index in [0.29, 0.717) is 0 Å². The molecular weight excluding hydrogens is 246 g/mol. The zero-order valence-electron chi connectivity index (χ0n) is 11.6. The van der Waals surface area contributed by atoms with Crippen LogP contribution in [0.3, 0.4) is 0 Å². The predicted octanol–water partition coefficient (Wildman–Crippen LogP) is 4.26. The van der Waals surface area contributed by atoms with E-state index in [2.05, 4.69) is 68.4 Å². The van der Waals surface area contributed by atoms with Crippen molar-refractivity contribution in [1.82, 2.24) is 0 Å². The highest BCUT2D eigenvalue weighted by Gasteiger charge is 2.36. The van der Waals surface area contributed by atoms with Crippen molar-refractivity contribution in [3.63, 3.8) is 0 Å². The molecule has 2 aromatic carbocycles. The lowest BCUT2D eigenvalue weighted by Crippen LogP contribution is -2.31. The van der Waals surface area contributed by atoms with Crippen molar-refractivity contribution in [2.45, 2.75) is 31.6 Å². The second-order valence-corrected chi connectivity index (χ2v) is 8.28. The second kappa shape index (κ2) is 5.93. The molecule has 2 aromatic rings. The fraction of sp³-hybridized carbons (Fsp3) is 0.294. The van der Waals surface area contributed by atoms with E-state index in [0.717, 1.165) is 11.3 Å². The molecule has 2 heteroatoms. The van der Waals surface area contributed by atoms with Crippen LogP contribution >= 0.6 is 7.92 Å². The molecule has 2 atom stereocenters. The Morgan fingerprint density at radius 3 is 2.05 bits per heavy atom. The van der Waals surface area contributed by atoms with Gasteiger partial charge in [-0.05, 0) is 34.2 Å². The number of rotatable bonds is 2. The molecule has 1 saturated heterocycles. The number of benzene rings is 2. The first-order chi connectivity index (χ1) is 8.77. The lowest BCUT2D eigenvalue weighted by atomic mass is 10.1. The molecule has 1 fully saturated rings. The van der Waals surface area contributed by atoms with Gasteiger partial charge in [-0.2, -0.15) is 0 Å². The molecule has 1 aliphatic rings. The van der Waals surface area contributed by atoms with Gasteiger partial charge in [-0.15, -0.1) is 0 Å². The van der Waals surface area contributed by atoms with Gasteiger partial charge < -0.3 is 0 Å². The van der Waals surface area contributed by atoms with Gasteiger partial charge in [-0.1, -0.05) is 76.4 Å². The molecule has 1 heterocycles. The van der Waals surface area contributed by atoms with Crippen LogP contribution < -0.4 is 5.30 Å². The van der Waals surface area contributed by atoms with Crippen molar-refractivity contribution in [3.05, 3.63) is 54.6 Å². The third kappa shape index (κ3) is 2.62. The van der Waals surface area contributed by atoms with Crippen LogP contribution in [0.1, 0.15) is 20.3 Å². The molecule has 0 bridgehead atoms. The summed E-state index contributed by atoms with van der Waals surface area (Å²) in [6.45, 7) is 4.82. The van der Waals surface area contributed by atoms with Crippen LogP contribution in [0.4, 0.5) is 0 Å². The van der Waals surface area contributed by atoms with Crippen LogP contribution in [0.15, 0.2) is 54.6 Å². The molecule has 1 aliphatic heterocycles. The van der Waals surface area contributed by atoms with Crippen molar-refractivity contribution in [2.24, 2.45) is 0 Å². The van der Waals surface area contributed by atoms with E-state index in [4.69, 9.17) is 0 Å². The molecule has 0 unspecified atom stereocenters. The molecule has 0 amide bonds. The summed E-state index contributed by atoms with van der Waals surface area (Å²) < 4.78 is 0. The molecule has 0 aliphatic carbocycles. The Morgan fingerprint density at radius 2 is 1.42 bits per heavy atom. The first-order valence-corrected chi connectivity index (χ1v) is 8.18. The van der Waals surface area contributed by atoms with Crippen molar-refractivity contribution in [2.75, 3.05) is 0 Å². The van der Waals surface area contributed by atoms with Crippen molar-refractivity contribution in [3.8, 4) is 11.1 Å². The summed E-state index contributed by atoms with van der Waals surface area (Å²) in [4.78, 5) is 0. The molecule has 0 N–H and O–H groups in total. The molecular formula is C17H19BP. The van der Waals surface area contributed by atoms with Crippen LogP contribution in [0.2, 0.25) is 0 Å². The van der Waals surface area contributed by atoms with E-state index >= 15 is 0 Å². The van der Waals surface area contributed by atoms with Crippen LogP contribution in [0, 0.1) is 0 Å². The molecule has 0 saturated carbocycles. The Balaban J connectivity index is 0.00000133. The van der Waals surface area contributed by atoms with Gasteiger partial charge in [-0.25, -0.2) is 0 Å². The van der Waals surface area contributed by atoms with E-state index < -0.39 is 0 Å². The van der Waals surface area contributed by atoms with Crippen LogP contribution in [-0.2, 0) is 0 Å². The van der Waals surface area contributed by atoms with Gasteiger partial charge in [0.2, 0.25) is 0 Å². The lowest BCUT2D eigenvalue weighted by molar-refractivity contribution is 0.714. The predicted molar refractivity (Wildman–Crippen MR) is 87.7 cm³/mol. The minimum Gasteiger partial charge on any atom is -0.0688 e. The molecule has 19 heavy (non-hydrogen) atoms. The molecule has 0 nitrogen and oxygen atoms in total. The van der Waals surface area contributed by atoms with Gasteiger partial charge in [0.1, 0.15) is 0 Å². The standard InChI is InChI=1S/C17H19P.B/c1-13-12-14(2)18(13)17-11-7-6-10-16(17)15-8-4-3-5-9-15;/h3-11,13-14H,12H2,1-2H3;/t13-,14-;/m1./s1. The third-order valence-electron chi connectivity index (χ3n) is 3.90.